The molecule has 0 radical (unpaired) electrons. The maximum absolute atomic E-state index is 12.1. The third-order valence-electron chi connectivity index (χ3n) is 3.36. The molecule has 3 amide bonds. The Balaban J connectivity index is 1.98. The van der Waals surface area contributed by atoms with Crippen LogP contribution in [-0.2, 0) is 11.3 Å². The number of terminal acetylenes is 1. The highest BCUT2D eigenvalue weighted by Crippen LogP contribution is 2.08. The number of hydrogen-bond donors (Lipinski definition) is 1. The number of urea groups is 1. The molecule has 1 fully saturated rings. The maximum Gasteiger partial charge on any atom is 0.324 e. The van der Waals surface area contributed by atoms with Gasteiger partial charge in [-0.3, -0.25) is 14.6 Å². The number of aryl methyl sites for hydroxylation is 1. The molecule has 0 bridgehead atoms. The van der Waals surface area contributed by atoms with E-state index >= 15 is 0 Å². The van der Waals surface area contributed by atoms with Gasteiger partial charge in [0.1, 0.15) is 0 Å². The second-order valence-corrected chi connectivity index (χ2v) is 5.11. The molecular formula is C16H19N3O2. The summed E-state index contributed by atoms with van der Waals surface area (Å²) < 4.78 is 0. The standard InChI is InChI=1S/C16H19N3O2/c1-3-9-18(11-14-6-4-13(2)5-7-14)12-15(20)19-10-8-17-16(19)21/h1,4-7H,8-12H2,2H3,(H,17,21). The third kappa shape index (κ3) is 4.07. The van der Waals surface area contributed by atoms with Crippen LogP contribution >= 0.6 is 0 Å². The van der Waals surface area contributed by atoms with E-state index in [1.165, 1.54) is 10.5 Å². The van der Waals surface area contributed by atoms with Crippen LogP contribution < -0.4 is 5.32 Å². The summed E-state index contributed by atoms with van der Waals surface area (Å²) in [5.74, 6) is 2.35. The van der Waals surface area contributed by atoms with Crippen molar-refractivity contribution in [1.82, 2.24) is 15.1 Å². The van der Waals surface area contributed by atoms with Crippen LogP contribution in [0.1, 0.15) is 11.1 Å². The van der Waals surface area contributed by atoms with Gasteiger partial charge in [0.15, 0.2) is 0 Å². The van der Waals surface area contributed by atoms with Crippen LogP contribution in [0.4, 0.5) is 4.79 Å². The number of rotatable bonds is 5. The van der Waals surface area contributed by atoms with Gasteiger partial charge in [-0.2, -0.15) is 0 Å². The Morgan fingerprint density at radius 1 is 1.43 bits per heavy atom. The molecule has 0 aromatic heterocycles. The lowest BCUT2D eigenvalue weighted by atomic mass is 10.1. The van der Waals surface area contributed by atoms with Gasteiger partial charge in [-0.25, -0.2) is 4.79 Å². The van der Waals surface area contributed by atoms with Crippen molar-refractivity contribution in [1.29, 1.82) is 0 Å². The van der Waals surface area contributed by atoms with E-state index in [2.05, 4.69) is 11.2 Å². The van der Waals surface area contributed by atoms with Gasteiger partial charge >= 0.3 is 6.03 Å². The molecule has 1 aromatic rings. The van der Waals surface area contributed by atoms with E-state index < -0.39 is 0 Å². The molecular weight excluding hydrogens is 266 g/mol. The molecule has 1 heterocycles. The fourth-order valence-corrected chi connectivity index (χ4v) is 2.23. The second kappa shape index (κ2) is 6.91. The molecule has 5 nitrogen and oxygen atoms in total. The Bertz CT molecular complexity index is 560. The average molecular weight is 285 g/mol. The summed E-state index contributed by atoms with van der Waals surface area (Å²) in [4.78, 5) is 26.7. The van der Waals surface area contributed by atoms with Crippen LogP contribution in [0.25, 0.3) is 0 Å². The number of nitrogens with one attached hydrogen (secondary N) is 1. The summed E-state index contributed by atoms with van der Waals surface area (Å²) in [7, 11) is 0. The van der Waals surface area contributed by atoms with Gasteiger partial charge < -0.3 is 5.32 Å². The predicted octanol–water partition coefficient (Wildman–Crippen LogP) is 0.982. The molecule has 1 saturated heterocycles. The number of hydrogen-bond acceptors (Lipinski definition) is 3. The summed E-state index contributed by atoms with van der Waals surface area (Å²) in [6.45, 7) is 4.06. The minimum atomic E-state index is -0.323. The van der Waals surface area contributed by atoms with Gasteiger partial charge in [-0.05, 0) is 12.5 Å². The zero-order chi connectivity index (χ0) is 15.2. The van der Waals surface area contributed by atoms with Gasteiger partial charge in [0, 0.05) is 19.6 Å². The zero-order valence-corrected chi connectivity index (χ0v) is 12.1. The van der Waals surface area contributed by atoms with Gasteiger partial charge in [0.2, 0.25) is 5.91 Å². The molecule has 1 aliphatic heterocycles. The Morgan fingerprint density at radius 2 is 2.14 bits per heavy atom. The summed E-state index contributed by atoms with van der Waals surface area (Å²) in [5.41, 5.74) is 2.28. The molecule has 0 aliphatic carbocycles. The molecule has 0 saturated carbocycles. The van der Waals surface area contributed by atoms with Crippen molar-refractivity contribution < 1.29 is 9.59 Å². The van der Waals surface area contributed by atoms with Crippen molar-refractivity contribution >= 4 is 11.9 Å². The lowest BCUT2D eigenvalue weighted by Crippen LogP contribution is -2.41. The zero-order valence-electron chi connectivity index (χ0n) is 12.1. The number of carbonyl (C=O) groups excluding carboxylic acids is 2. The third-order valence-corrected chi connectivity index (χ3v) is 3.36. The molecule has 5 heteroatoms. The van der Waals surface area contributed by atoms with Crippen LogP contribution in [-0.4, -0.2) is 47.9 Å². The van der Waals surface area contributed by atoms with Gasteiger partial charge in [-0.15, -0.1) is 6.42 Å². The van der Waals surface area contributed by atoms with E-state index in [0.29, 0.717) is 26.2 Å². The predicted molar refractivity (Wildman–Crippen MR) is 80.4 cm³/mol. The second-order valence-electron chi connectivity index (χ2n) is 5.11. The minimum Gasteiger partial charge on any atom is -0.336 e. The normalized spacial score (nSPS) is 14.1. The molecule has 0 atom stereocenters. The maximum atomic E-state index is 12.1. The van der Waals surface area contributed by atoms with Crippen molar-refractivity contribution in [3.8, 4) is 12.3 Å². The Kier molecular flexibility index (Phi) is 4.96. The van der Waals surface area contributed by atoms with E-state index in [1.54, 1.807) is 0 Å². The monoisotopic (exact) mass is 285 g/mol. The van der Waals surface area contributed by atoms with E-state index in [0.717, 1.165) is 5.56 Å². The van der Waals surface area contributed by atoms with Crippen molar-refractivity contribution in [2.75, 3.05) is 26.2 Å². The first-order valence-corrected chi connectivity index (χ1v) is 6.89. The van der Waals surface area contributed by atoms with Crippen LogP contribution in [0.3, 0.4) is 0 Å². The molecule has 1 aromatic carbocycles. The number of nitrogens with zero attached hydrogens (tertiary/aromatic N) is 2. The topological polar surface area (TPSA) is 52.7 Å². The van der Waals surface area contributed by atoms with Crippen LogP contribution in [0.15, 0.2) is 24.3 Å². The quantitative estimate of drug-likeness (QED) is 0.821. The van der Waals surface area contributed by atoms with Crippen molar-refractivity contribution in [2.24, 2.45) is 0 Å². The Morgan fingerprint density at radius 3 is 2.71 bits per heavy atom. The minimum absolute atomic E-state index is 0.144. The van der Waals surface area contributed by atoms with Crippen molar-refractivity contribution in [3.63, 3.8) is 0 Å². The molecule has 1 N–H and O–H groups in total. The highest BCUT2D eigenvalue weighted by Gasteiger charge is 2.27. The van der Waals surface area contributed by atoms with Crippen molar-refractivity contribution in [3.05, 3.63) is 35.4 Å². The lowest BCUT2D eigenvalue weighted by molar-refractivity contribution is -0.128. The summed E-state index contributed by atoms with van der Waals surface area (Å²) in [6.07, 6.45) is 5.37. The fourth-order valence-electron chi connectivity index (χ4n) is 2.23. The SMILES string of the molecule is C#CCN(CC(=O)N1CCNC1=O)Cc1ccc(C)cc1. The number of imide groups is 1. The highest BCUT2D eigenvalue weighted by atomic mass is 16.2. The molecule has 2 rings (SSSR count). The van der Waals surface area contributed by atoms with E-state index in [4.69, 9.17) is 6.42 Å². The molecule has 110 valence electrons. The van der Waals surface area contributed by atoms with Crippen LogP contribution in [0, 0.1) is 19.3 Å². The largest absolute Gasteiger partial charge is 0.336 e. The van der Waals surface area contributed by atoms with Gasteiger partial charge in [0.25, 0.3) is 0 Å². The summed E-state index contributed by atoms with van der Waals surface area (Å²) in [5, 5.41) is 2.62. The van der Waals surface area contributed by atoms with Crippen LogP contribution in [0.5, 0.6) is 0 Å². The molecule has 0 spiro atoms. The van der Waals surface area contributed by atoms with Gasteiger partial charge in [0.05, 0.1) is 13.1 Å². The van der Waals surface area contributed by atoms with Crippen LogP contribution in [0.2, 0.25) is 0 Å². The first kappa shape index (κ1) is 15.1. The summed E-state index contributed by atoms with van der Waals surface area (Å²) in [6, 6.07) is 7.77. The Labute approximate surface area is 124 Å². The first-order chi connectivity index (χ1) is 10.1. The highest BCUT2D eigenvalue weighted by molar-refractivity contribution is 5.96. The summed E-state index contributed by atoms with van der Waals surface area (Å²) >= 11 is 0. The lowest BCUT2D eigenvalue weighted by Gasteiger charge is -2.21. The number of benzene rings is 1. The van der Waals surface area contributed by atoms with E-state index in [-0.39, 0.29) is 18.5 Å². The molecule has 0 unspecified atom stereocenters. The smallest absolute Gasteiger partial charge is 0.324 e. The van der Waals surface area contributed by atoms with Gasteiger partial charge in [-0.1, -0.05) is 35.7 Å². The van der Waals surface area contributed by atoms with E-state index in [9.17, 15) is 9.59 Å². The number of carbonyl (C=O) groups is 2. The van der Waals surface area contributed by atoms with Crippen molar-refractivity contribution in [2.45, 2.75) is 13.5 Å². The van der Waals surface area contributed by atoms with E-state index in [1.807, 2.05) is 36.1 Å². The molecule has 21 heavy (non-hydrogen) atoms. The fraction of sp³-hybridized carbons (Fsp3) is 0.375. The Hall–Kier alpha value is -2.32. The average Bonchev–Trinajstić information content (AvgIpc) is 2.88. The number of amides is 3. The first-order valence-electron chi connectivity index (χ1n) is 6.89. The molecule has 1 aliphatic rings.